The maximum atomic E-state index is 12.0. The van der Waals surface area contributed by atoms with Crippen LogP contribution in [0.3, 0.4) is 0 Å². The summed E-state index contributed by atoms with van der Waals surface area (Å²) in [6.45, 7) is 5.89. The Hall–Kier alpha value is -0.650. The molecule has 2 rings (SSSR count). The zero-order valence-electron chi connectivity index (χ0n) is 10.0. The second-order valence-corrected chi connectivity index (χ2v) is 4.79. The van der Waals surface area contributed by atoms with E-state index in [4.69, 9.17) is 0 Å². The van der Waals surface area contributed by atoms with Gasteiger partial charge in [0.25, 0.3) is 0 Å². The molecule has 0 bridgehead atoms. The largest absolute Gasteiger partial charge is 0.317 e. The summed E-state index contributed by atoms with van der Waals surface area (Å²) < 4.78 is 0. The summed E-state index contributed by atoms with van der Waals surface area (Å²) in [5.74, 6) is 0.423. The topological polar surface area (TPSA) is 47.6 Å². The van der Waals surface area contributed by atoms with Gasteiger partial charge in [-0.15, -0.1) is 0 Å². The Bertz CT molecular complexity index is 232. The summed E-state index contributed by atoms with van der Waals surface area (Å²) in [5, 5.41) is 5.34. The predicted octanol–water partition coefficient (Wildman–Crippen LogP) is -0.735. The first kappa shape index (κ1) is 11.8. The van der Waals surface area contributed by atoms with Gasteiger partial charge in [-0.1, -0.05) is 0 Å². The minimum Gasteiger partial charge on any atom is -0.317 e. The summed E-state index contributed by atoms with van der Waals surface area (Å²) in [6.07, 6.45) is 1.94. The number of hydrogen-bond donors (Lipinski definition) is 2. The number of amides is 1. The number of piperazine rings is 1. The van der Waals surface area contributed by atoms with Crippen LogP contribution in [0.25, 0.3) is 0 Å². The van der Waals surface area contributed by atoms with Crippen LogP contribution in [0.5, 0.6) is 0 Å². The highest BCUT2D eigenvalue weighted by molar-refractivity contribution is 5.78. The number of nitrogens with zero attached hydrogens (tertiary/aromatic N) is 2. The lowest BCUT2D eigenvalue weighted by atomic mass is 9.98. The molecule has 0 saturated carbocycles. The zero-order chi connectivity index (χ0) is 11.4. The molecule has 16 heavy (non-hydrogen) atoms. The standard InChI is InChI=1S/C11H22N4O/c1-14-6-8-15(9-7-14)13-11(16)10-2-4-12-5-3-10/h10,12H,2-9H2,1H3,(H,13,16). The molecular weight excluding hydrogens is 204 g/mol. The monoisotopic (exact) mass is 226 g/mol. The Labute approximate surface area is 97.1 Å². The molecule has 0 aromatic carbocycles. The van der Waals surface area contributed by atoms with Gasteiger partial charge in [-0.05, 0) is 33.0 Å². The van der Waals surface area contributed by atoms with Gasteiger partial charge < -0.3 is 10.2 Å². The van der Waals surface area contributed by atoms with Crippen LogP contribution in [0, 0.1) is 5.92 Å². The number of piperidine rings is 1. The molecule has 92 valence electrons. The zero-order valence-corrected chi connectivity index (χ0v) is 10.0. The Kier molecular flexibility index (Phi) is 4.15. The molecule has 0 aromatic heterocycles. The van der Waals surface area contributed by atoms with Crippen molar-refractivity contribution in [1.29, 1.82) is 0 Å². The minimum atomic E-state index is 0.209. The summed E-state index contributed by atoms with van der Waals surface area (Å²) in [4.78, 5) is 14.2. The van der Waals surface area contributed by atoms with Crippen LogP contribution in [0.4, 0.5) is 0 Å². The molecule has 2 N–H and O–H groups in total. The Morgan fingerprint density at radius 3 is 2.44 bits per heavy atom. The van der Waals surface area contributed by atoms with Crippen LogP contribution in [-0.2, 0) is 4.79 Å². The molecule has 0 radical (unpaired) electrons. The molecule has 2 saturated heterocycles. The molecule has 0 aromatic rings. The lowest BCUT2D eigenvalue weighted by Crippen LogP contribution is -2.54. The molecule has 0 unspecified atom stereocenters. The third-order valence-electron chi connectivity index (χ3n) is 3.48. The molecule has 1 amide bonds. The van der Waals surface area contributed by atoms with Gasteiger partial charge in [0.1, 0.15) is 0 Å². The maximum Gasteiger partial charge on any atom is 0.237 e. The van der Waals surface area contributed by atoms with Crippen LogP contribution >= 0.6 is 0 Å². The van der Waals surface area contributed by atoms with Crippen LogP contribution < -0.4 is 10.7 Å². The molecule has 2 aliphatic heterocycles. The molecule has 2 aliphatic rings. The van der Waals surface area contributed by atoms with Crippen molar-refractivity contribution in [3.63, 3.8) is 0 Å². The van der Waals surface area contributed by atoms with Crippen molar-refractivity contribution in [3.8, 4) is 0 Å². The molecule has 0 spiro atoms. The Balaban J connectivity index is 1.73. The minimum absolute atomic E-state index is 0.209. The number of carbonyl (C=O) groups is 1. The Morgan fingerprint density at radius 2 is 1.81 bits per heavy atom. The van der Waals surface area contributed by atoms with Crippen LogP contribution in [0.2, 0.25) is 0 Å². The van der Waals surface area contributed by atoms with Gasteiger partial charge in [0.05, 0.1) is 0 Å². The van der Waals surface area contributed by atoms with Gasteiger partial charge in [0.15, 0.2) is 0 Å². The van der Waals surface area contributed by atoms with Crippen LogP contribution in [0.1, 0.15) is 12.8 Å². The third-order valence-corrected chi connectivity index (χ3v) is 3.48. The van der Waals surface area contributed by atoms with E-state index < -0.39 is 0 Å². The van der Waals surface area contributed by atoms with E-state index in [1.807, 2.05) is 0 Å². The van der Waals surface area contributed by atoms with E-state index in [2.05, 4.69) is 27.7 Å². The number of likely N-dealkylation sites (N-methyl/N-ethyl adjacent to an activating group) is 1. The second kappa shape index (κ2) is 5.61. The fourth-order valence-electron chi connectivity index (χ4n) is 2.25. The van der Waals surface area contributed by atoms with Crippen molar-refractivity contribution in [2.75, 3.05) is 46.3 Å². The van der Waals surface area contributed by atoms with E-state index in [1.165, 1.54) is 0 Å². The first-order valence-corrected chi connectivity index (χ1v) is 6.20. The molecule has 2 fully saturated rings. The number of hydrogen-bond acceptors (Lipinski definition) is 4. The lowest BCUT2D eigenvalue weighted by Gasteiger charge is -2.33. The lowest BCUT2D eigenvalue weighted by molar-refractivity contribution is -0.131. The van der Waals surface area contributed by atoms with Gasteiger partial charge in [-0.3, -0.25) is 10.2 Å². The summed E-state index contributed by atoms with van der Waals surface area (Å²) in [7, 11) is 2.12. The fourth-order valence-corrected chi connectivity index (χ4v) is 2.25. The highest BCUT2D eigenvalue weighted by Gasteiger charge is 2.23. The van der Waals surface area contributed by atoms with Crippen LogP contribution in [-0.4, -0.2) is 62.1 Å². The van der Waals surface area contributed by atoms with E-state index in [-0.39, 0.29) is 11.8 Å². The highest BCUT2D eigenvalue weighted by Crippen LogP contribution is 2.11. The van der Waals surface area contributed by atoms with E-state index in [0.29, 0.717) is 0 Å². The molecule has 5 nitrogen and oxygen atoms in total. The average Bonchev–Trinajstić information content (AvgIpc) is 2.33. The molecular formula is C11H22N4O. The van der Waals surface area contributed by atoms with Crippen molar-refractivity contribution >= 4 is 5.91 Å². The van der Waals surface area contributed by atoms with Gasteiger partial charge in [0.2, 0.25) is 5.91 Å². The van der Waals surface area contributed by atoms with E-state index in [1.54, 1.807) is 0 Å². The Morgan fingerprint density at radius 1 is 1.19 bits per heavy atom. The molecule has 0 atom stereocenters. The number of nitrogens with one attached hydrogen (secondary N) is 2. The van der Waals surface area contributed by atoms with Gasteiger partial charge in [-0.2, -0.15) is 0 Å². The van der Waals surface area contributed by atoms with E-state index in [0.717, 1.165) is 52.1 Å². The predicted molar refractivity (Wildman–Crippen MR) is 62.8 cm³/mol. The van der Waals surface area contributed by atoms with E-state index >= 15 is 0 Å². The third kappa shape index (κ3) is 3.17. The quantitative estimate of drug-likeness (QED) is 0.651. The van der Waals surface area contributed by atoms with Crippen molar-refractivity contribution in [2.45, 2.75) is 12.8 Å². The number of rotatable bonds is 2. The summed E-state index contributed by atoms with van der Waals surface area (Å²) in [5.41, 5.74) is 3.05. The molecule has 5 heteroatoms. The fraction of sp³-hybridized carbons (Fsp3) is 0.909. The van der Waals surface area contributed by atoms with E-state index in [9.17, 15) is 4.79 Å². The van der Waals surface area contributed by atoms with Crippen molar-refractivity contribution in [1.82, 2.24) is 20.7 Å². The first-order valence-electron chi connectivity index (χ1n) is 6.20. The second-order valence-electron chi connectivity index (χ2n) is 4.79. The summed E-state index contributed by atoms with van der Waals surface area (Å²) in [6, 6.07) is 0. The van der Waals surface area contributed by atoms with Crippen molar-refractivity contribution in [2.24, 2.45) is 5.92 Å². The van der Waals surface area contributed by atoms with Crippen molar-refractivity contribution in [3.05, 3.63) is 0 Å². The van der Waals surface area contributed by atoms with Gasteiger partial charge in [0, 0.05) is 32.1 Å². The smallest absolute Gasteiger partial charge is 0.237 e. The highest BCUT2D eigenvalue weighted by atomic mass is 16.2. The normalized spacial score (nSPS) is 25.6. The average molecular weight is 226 g/mol. The number of hydrazine groups is 1. The van der Waals surface area contributed by atoms with Gasteiger partial charge in [-0.25, -0.2) is 5.01 Å². The number of carbonyl (C=O) groups excluding carboxylic acids is 1. The molecule has 2 heterocycles. The van der Waals surface area contributed by atoms with Crippen molar-refractivity contribution < 1.29 is 4.79 Å². The summed E-state index contributed by atoms with van der Waals surface area (Å²) >= 11 is 0. The maximum absolute atomic E-state index is 12.0. The van der Waals surface area contributed by atoms with Gasteiger partial charge >= 0.3 is 0 Å². The molecule has 0 aliphatic carbocycles. The SMILES string of the molecule is CN1CCN(NC(=O)C2CCNCC2)CC1. The van der Waals surface area contributed by atoms with Crippen LogP contribution in [0.15, 0.2) is 0 Å². The first-order chi connectivity index (χ1) is 7.75.